The van der Waals surface area contributed by atoms with Crippen molar-refractivity contribution in [2.75, 3.05) is 38.2 Å². The summed E-state index contributed by atoms with van der Waals surface area (Å²) in [5, 5.41) is 21.8. The van der Waals surface area contributed by atoms with Gasteiger partial charge < -0.3 is 20.4 Å². The Kier molecular flexibility index (Phi) is 6.78. The van der Waals surface area contributed by atoms with Crippen LogP contribution in [0.3, 0.4) is 0 Å². The van der Waals surface area contributed by atoms with Crippen molar-refractivity contribution in [2.24, 2.45) is 5.92 Å². The Morgan fingerprint density at radius 2 is 2.00 bits per heavy atom. The molecule has 0 aromatic carbocycles. The average molecular weight is 304 g/mol. The van der Waals surface area contributed by atoms with Crippen LogP contribution in [0.4, 0.5) is 0 Å². The Balaban J connectivity index is 2.26. The van der Waals surface area contributed by atoms with E-state index >= 15 is 0 Å². The first kappa shape index (κ1) is 17.3. The predicted molar refractivity (Wildman–Crippen MR) is 78.8 cm³/mol. The van der Waals surface area contributed by atoms with Gasteiger partial charge in [-0.1, -0.05) is 0 Å². The number of hydrogen-bond acceptors (Lipinski definition) is 5. The third-order valence-electron chi connectivity index (χ3n) is 3.43. The second kappa shape index (κ2) is 7.85. The molecule has 0 aromatic heterocycles. The first-order valence-corrected chi connectivity index (χ1v) is 8.18. The van der Waals surface area contributed by atoms with Crippen molar-refractivity contribution in [1.29, 1.82) is 0 Å². The number of nitrogens with zero attached hydrogens (tertiary/aromatic N) is 1. The molecule has 1 aliphatic rings. The quantitative estimate of drug-likeness (QED) is 0.614. The molecule has 0 bridgehead atoms. The Morgan fingerprint density at radius 3 is 2.50 bits per heavy atom. The third kappa shape index (κ3) is 5.68. The number of aliphatic hydroxyl groups is 1. The number of piperidine rings is 1. The molecule has 0 radical (unpaired) electrons. The highest BCUT2D eigenvalue weighted by atomic mass is 32.2. The van der Waals surface area contributed by atoms with Crippen LogP contribution in [0.5, 0.6) is 0 Å². The third-order valence-corrected chi connectivity index (χ3v) is 4.34. The summed E-state index contributed by atoms with van der Waals surface area (Å²) in [5.41, 5.74) is -0.823. The fourth-order valence-electron chi connectivity index (χ4n) is 2.29. The van der Waals surface area contributed by atoms with Crippen LogP contribution in [0.2, 0.25) is 0 Å². The summed E-state index contributed by atoms with van der Waals surface area (Å²) in [4.78, 5) is 24.5. The number of amides is 1. The van der Waals surface area contributed by atoms with Gasteiger partial charge in [0.2, 0.25) is 5.91 Å². The first-order chi connectivity index (χ1) is 9.35. The molecular formula is C13H24N2O4S. The topological polar surface area (TPSA) is 89.9 Å². The lowest BCUT2D eigenvalue weighted by atomic mass is 9.97. The first-order valence-electron chi connectivity index (χ1n) is 6.78. The Hall–Kier alpha value is -0.790. The van der Waals surface area contributed by atoms with Crippen molar-refractivity contribution in [3.05, 3.63) is 0 Å². The fraction of sp³-hybridized carbons (Fsp3) is 0.846. The van der Waals surface area contributed by atoms with Gasteiger partial charge in [0.15, 0.2) is 0 Å². The second-order valence-corrected chi connectivity index (χ2v) is 6.39. The van der Waals surface area contributed by atoms with Gasteiger partial charge in [0.05, 0.1) is 18.1 Å². The van der Waals surface area contributed by atoms with Crippen LogP contribution in [0, 0.1) is 5.92 Å². The van der Waals surface area contributed by atoms with Crippen LogP contribution in [-0.4, -0.2) is 70.8 Å². The number of aliphatic carboxylic acids is 1. The van der Waals surface area contributed by atoms with Crippen LogP contribution >= 0.6 is 11.8 Å². The van der Waals surface area contributed by atoms with E-state index in [0.717, 1.165) is 0 Å². The van der Waals surface area contributed by atoms with Gasteiger partial charge in [-0.15, -0.1) is 0 Å². The zero-order valence-corrected chi connectivity index (χ0v) is 12.9. The van der Waals surface area contributed by atoms with Gasteiger partial charge in [0.1, 0.15) is 0 Å². The summed E-state index contributed by atoms with van der Waals surface area (Å²) in [6, 6.07) is 0. The van der Waals surface area contributed by atoms with E-state index in [0.29, 0.717) is 38.2 Å². The van der Waals surface area contributed by atoms with Gasteiger partial charge >= 0.3 is 5.97 Å². The minimum absolute atomic E-state index is 0.0335. The smallest absolute Gasteiger partial charge is 0.306 e. The zero-order chi connectivity index (χ0) is 15.2. The maximum Gasteiger partial charge on any atom is 0.306 e. The molecule has 1 fully saturated rings. The number of thioether (sulfide) groups is 1. The lowest BCUT2D eigenvalue weighted by Gasteiger charge is -2.30. The molecule has 0 saturated carbocycles. The van der Waals surface area contributed by atoms with E-state index in [9.17, 15) is 14.7 Å². The molecule has 6 nitrogen and oxygen atoms in total. The molecule has 1 unspecified atom stereocenters. The molecule has 20 heavy (non-hydrogen) atoms. The molecule has 1 amide bonds. The monoisotopic (exact) mass is 304 g/mol. The summed E-state index contributed by atoms with van der Waals surface area (Å²) in [7, 11) is 0. The van der Waals surface area contributed by atoms with Crippen molar-refractivity contribution < 1.29 is 19.8 Å². The van der Waals surface area contributed by atoms with E-state index in [4.69, 9.17) is 5.11 Å². The standard InChI is InChI=1S/C13H24N2O4S/c1-13(19,9-20-2)8-14-7-11(16)15-5-3-10(4-6-15)12(17)18/h10,14,19H,3-9H2,1-2H3,(H,17,18). The molecule has 1 heterocycles. The molecule has 7 heteroatoms. The summed E-state index contributed by atoms with van der Waals surface area (Å²) in [5.74, 6) is -0.524. The lowest BCUT2D eigenvalue weighted by Crippen LogP contribution is -2.47. The largest absolute Gasteiger partial charge is 0.481 e. The van der Waals surface area contributed by atoms with E-state index in [1.54, 1.807) is 23.6 Å². The van der Waals surface area contributed by atoms with Crippen molar-refractivity contribution in [1.82, 2.24) is 10.2 Å². The maximum atomic E-state index is 11.9. The number of carbonyl (C=O) groups excluding carboxylic acids is 1. The molecule has 3 N–H and O–H groups in total. The Labute approximate surface area is 123 Å². The van der Waals surface area contributed by atoms with Gasteiger partial charge in [0, 0.05) is 25.4 Å². The molecule has 0 aliphatic carbocycles. The number of carbonyl (C=O) groups is 2. The molecule has 0 spiro atoms. The van der Waals surface area contributed by atoms with E-state index in [1.807, 2.05) is 6.26 Å². The number of carboxylic acid groups (broad SMARTS) is 1. The molecular weight excluding hydrogens is 280 g/mol. The number of carboxylic acids is 1. The SMILES string of the molecule is CSCC(C)(O)CNCC(=O)N1CCC(C(=O)O)CC1. The molecule has 1 aliphatic heterocycles. The molecule has 0 aromatic rings. The summed E-state index contributed by atoms with van der Waals surface area (Å²) in [6.45, 7) is 3.28. The zero-order valence-electron chi connectivity index (χ0n) is 12.1. The normalized spacial score (nSPS) is 19.6. The highest BCUT2D eigenvalue weighted by molar-refractivity contribution is 7.98. The summed E-state index contributed by atoms with van der Waals surface area (Å²) in [6.07, 6.45) is 2.96. The number of likely N-dealkylation sites (tertiary alicyclic amines) is 1. The molecule has 1 atom stereocenters. The van der Waals surface area contributed by atoms with Crippen molar-refractivity contribution in [3.63, 3.8) is 0 Å². The van der Waals surface area contributed by atoms with Gasteiger partial charge in [-0.05, 0) is 26.0 Å². The van der Waals surface area contributed by atoms with Crippen LogP contribution in [0.1, 0.15) is 19.8 Å². The van der Waals surface area contributed by atoms with E-state index in [-0.39, 0.29) is 18.4 Å². The highest BCUT2D eigenvalue weighted by Gasteiger charge is 2.27. The Bertz CT molecular complexity index is 341. The van der Waals surface area contributed by atoms with Gasteiger partial charge in [-0.2, -0.15) is 11.8 Å². The van der Waals surface area contributed by atoms with Crippen LogP contribution < -0.4 is 5.32 Å². The van der Waals surface area contributed by atoms with Gasteiger partial charge in [-0.25, -0.2) is 0 Å². The number of rotatable bonds is 7. The van der Waals surface area contributed by atoms with E-state index in [1.165, 1.54) is 0 Å². The van der Waals surface area contributed by atoms with Crippen molar-refractivity contribution in [3.8, 4) is 0 Å². The van der Waals surface area contributed by atoms with Gasteiger partial charge in [-0.3, -0.25) is 9.59 Å². The lowest BCUT2D eigenvalue weighted by molar-refractivity contribution is -0.145. The average Bonchev–Trinajstić information content (AvgIpc) is 2.38. The van der Waals surface area contributed by atoms with Crippen LogP contribution in [-0.2, 0) is 9.59 Å². The van der Waals surface area contributed by atoms with Crippen LogP contribution in [0.25, 0.3) is 0 Å². The maximum absolute atomic E-state index is 11.9. The minimum Gasteiger partial charge on any atom is -0.481 e. The summed E-state index contributed by atoms with van der Waals surface area (Å²) >= 11 is 1.56. The molecule has 116 valence electrons. The predicted octanol–water partition coefficient (Wildman–Crippen LogP) is 0.0132. The van der Waals surface area contributed by atoms with E-state index in [2.05, 4.69) is 5.32 Å². The molecule has 1 saturated heterocycles. The fourth-order valence-corrected chi connectivity index (χ4v) is 3.01. The van der Waals surface area contributed by atoms with E-state index < -0.39 is 11.6 Å². The number of nitrogens with one attached hydrogen (secondary N) is 1. The molecule has 1 rings (SSSR count). The minimum atomic E-state index is -0.823. The van der Waals surface area contributed by atoms with Crippen molar-refractivity contribution in [2.45, 2.75) is 25.4 Å². The number of hydrogen-bond donors (Lipinski definition) is 3. The van der Waals surface area contributed by atoms with Gasteiger partial charge in [0.25, 0.3) is 0 Å². The second-order valence-electron chi connectivity index (χ2n) is 5.53. The Morgan fingerprint density at radius 1 is 1.40 bits per heavy atom. The van der Waals surface area contributed by atoms with Crippen molar-refractivity contribution >= 4 is 23.6 Å². The van der Waals surface area contributed by atoms with Crippen LogP contribution in [0.15, 0.2) is 0 Å². The highest BCUT2D eigenvalue weighted by Crippen LogP contribution is 2.17. The summed E-state index contributed by atoms with van der Waals surface area (Å²) < 4.78 is 0.